The lowest BCUT2D eigenvalue weighted by molar-refractivity contribution is -0.135. The van der Waals surface area contributed by atoms with Crippen LogP contribution in [0.3, 0.4) is 0 Å². The molecule has 0 saturated heterocycles. The highest BCUT2D eigenvalue weighted by Gasteiger charge is 2.36. The lowest BCUT2D eigenvalue weighted by Gasteiger charge is -2.21. The normalized spacial score (nSPS) is 13.0. The minimum absolute atomic E-state index is 0.252. The minimum atomic E-state index is -4.64. The van der Waals surface area contributed by atoms with E-state index in [9.17, 15) is 26.0 Å². The summed E-state index contributed by atoms with van der Waals surface area (Å²) < 4.78 is 73.6. The second-order valence-corrected chi connectivity index (χ2v) is 5.44. The average Bonchev–Trinajstić information content (AvgIpc) is 2.24. The summed E-state index contributed by atoms with van der Waals surface area (Å²) in [6.07, 6.45) is -4.64. The molecule has 0 N–H and O–H groups in total. The summed E-state index contributed by atoms with van der Waals surface area (Å²) in [6, 6.07) is 3.88. The summed E-state index contributed by atoms with van der Waals surface area (Å²) in [5, 5.41) is 0. The third kappa shape index (κ3) is 3.67. The topological polar surface area (TPSA) is 37.4 Å². The van der Waals surface area contributed by atoms with E-state index in [-0.39, 0.29) is 10.8 Å². The largest absolute Gasteiger partial charge is 0.402 e. The second-order valence-electron chi connectivity index (χ2n) is 3.50. The van der Waals surface area contributed by atoms with Gasteiger partial charge < -0.3 is 0 Å². The van der Waals surface area contributed by atoms with Gasteiger partial charge in [-0.1, -0.05) is 13.0 Å². The van der Waals surface area contributed by atoms with Crippen molar-refractivity contribution in [2.45, 2.75) is 18.0 Å². The first kappa shape index (κ1) is 14.9. The summed E-state index contributed by atoms with van der Waals surface area (Å²) >= 11 is 0. The van der Waals surface area contributed by atoms with Crippen molar-refractivity contribution in [1.82, 2.24) is 4.31 Å². The number of hydrogen-bond donors (Lipinski definition) is 0. The summed E-state index contributed by atoms with van der Waals surface area (Å²) in [4.78, 5) is -0.492. The Kier molecular flexibility index (Phi) is 4.33. The molecule has 0 saturated carbocycles. The van der Waals surface area contributed by atoms with Crippen molar-refractivity contribution in [2.24, 2.45) is 0 Å². The molecule has 0 fully saturated rings. The van der Waals surface area contributed by atoms with Gasteiger partial charge >= 0.3 is 6.18 Å². The Hall–Kier alpha value is -1.15. The van der Waals surface area contributed by atoms with Gasteiger partial charge in [0.05, 0.1) is 4.90 Å². The van der Waals surface area contributed by atoms with Crippen LogP contribution in [0.4, 0.5) is 17.6 Å². The molecule has 102 valence electrons. The number of benzene rings is 1. The van der Waals surface area contributed by atoms with Gasteiger partial charge in [0.25, 0.3) is 0 Å². The molecule has 1 aromatic rings. The minimum Gasteiger partial charge on any atom is -0.207 e. The van der Waals surface area contributed by atoms with Crippen molar-refractivity contribution in [3.05, 3.63) is 30.1 Å². The molecule has 0 aromatic heterocycles. The van der Waals surface area contributed by atoms with Crippen molar-refractivity contribution < 1.29 is 26.0 Å². The van der Waals surface area contributed by atoms with Crippen molar-refractivity contribution in [3.63, 3.8) is 0 Å². The first-order chi connectivity index (χ1) is 8.16. The molecule has 0 aliphatic carbocycles. The molecule has 0 aliphatic heterocycles. The van der Waals surface area contributed by atoms with E-state index >= 15 is 0 Å². The van der Waals surface area contributed by atoms with Crippen LogP contribution in [0.15, 0.2) is 29.2 Å². The smallest absolute Gasteiger partial charge is 0.207 e. The third-order valence-corrected chi connectivity index (χ3v) is 4.06. The van der Waals surface area contributed by atoms with E-state index in [1.54, 1.807) is 0 Å². The summed E-state index contributed by atoms with van der Waals surface area (Å²) in [6.45, 7) is -0.663. The predicted molar refractivity (Wildman–Crippen MR) is 56.9 cm³/mol. The zero-order chi connectivity index (χ0) is 14.0. The van der Waals surface area contributed by atoms with Crippen molar-refractivity contribution >= 4 is 10.0 Å². The molecular weight excluding hydrogens is 274 g/mol. The van der Waals surface area contributed by atoms with Crippen LogP contribution in [0.1, 0.15) is 6.92 Å². The van der Waals surface area contributed by atoms with Crippen LogP contribution in [-0.4, -0.2) is 32.0 Å². The molecule has 3 nitrogen and oxygen atoms in total. The van der Waals surface area contributed by atoms with Crippen molar-refractivity contribution in [1.29, 1.82) is 0 Å². The molecule has 0 amide bonds. The van der Waals surface area contributed by atoms with Crippen LogP contribution in [0.2, 0.25) is 0 Å². The van der Waals surface area contributed by atoms with E-state index in [0.29, 0.717) is 6.07 Å². The Morgan fingerprint density at radius 3 is 2.33 bits per heavy atom. The van der Waals surface area contributed by atoms with Crippen LogP contribution in [0.25, 0.3) is 0 Å². The zero-order valence-electron chi connectivity index (χ0n) is 9.41. The maximum atomic E-state index is 12.9. The van der Waals surface area contributed by atoms with E-state index in [0.717, 1.165) is 18.2 Å². The Bertz CT molecular complexity index is 513. The van der Waals surface area contributed by atoms with Gasteiger partial charge in [-0.2, -0.15) is 17.5 Å². The van der Waals surface area contributed by atoms with Crippen LogP contribution in [-0.2, 0) is 10.0 Å². The number of hydrogen-bond acceptors (Lipinski definition) is 2. The standard InChI is InChI=1S/C10H11F4NO2S/c1-2-15(7-10(12,13)14)18(16,17)9-5-3-4-8(11)6-9/h3-6H,2,7H2,1H3. The lowest BCUT2D eigenvalue weighted by Crippen LogP contribution is -2.38. The van der Waals surface area contributed by atoms with E-state index in [2.05, 4.69) is 0 Å². The van der Waals surface area contributed by atoms with E-state index in [1.165, 1.54) is 6.92 Å². The molecule has 1 rings (SSSR count). The fourth-order valence-electron chi connectivity index (χ4n) is 1.34. The number of halogens is 4. The number of nitrogens with zero attached hydrogens (tertiary/aromatic N) is 1. The molecule has 8 heteroatoms. The fraction of sp³-hybridized carbons (Fsp3) is 0.400. The predicted octanol–water partition coefficient (Wildman–Crippen LogP) is 2.40. The average molecular weight is 285 g/mol. The van der Waals surface area contributed by atoms with Gasteiger partial charge in [-0.3, -0.25) is 0 Å². The Morgan fingerprint density at radius 1 is 1.28 bits per heavy atom. The highest BCUT2D eigenvalue weighted by molar-refractivity contribution is 7.89. The lowest BCUT2D eigenvalue weighted by atomic mass is 10.4. The highest BCUT2D eigenvalue weighted by atomic mass is 32.2. The SMILES string of the molecule is CCN(CC(F)(F)F)S(=O)(=O)c1cccc(F)c1. The first-order valence-corrected chi connectivity index (χ1v) is 6.43. The molecular formula is C10H11F4NO2S. The van der Waals surface area contributed by atoms with Crippen LogP contribution in [0.5, 0.6) is 0 Å². The number of alkyl halides is 3. The highest BCUT2D eigenvalue weighted by Crippen LogP contribution is 2.22. The van der Waals surface area contributed by atoms with Crippen molar-refractivity contribution in [3.8, 4) is 0 Å². The maximum absolute atomic E-state index is 12.9. The summed E-state index contributed by atoms with van der Waals surface area (Å²) in [5.74, 6) is -0.820. The summed E-state index contributed by atoms with van der Waals surface area (Å²) in [7, 11) is -4.33. The Balaban J connectivity index is 3.11. The van der Waals surface area contributed by atoms with E-state index < -0.39 is 33.5 Å². The molecule has 0 radical (unpaired) electrons. The molecule has 0 aliphatic rings. The van der Waals surface area contributed by atoms with Gasteiger partial charge in [0.1, 0.15) is 12.4 Å². The molecule has 0 heterocycles. The van der Waals surface area contributed by atoms with E-state index in [4.69, 9.17) is 0 Å². The van der Waals surface area contributed by atoms with E-state index in [1.807, 2.05) is 0 Å². The molecule has 1 aromatic carbocycles. The van der Waals surface area contributed by atoms with Gasteiger partial charge in [-0.25, -0.2) is 12.8 Å². The fourth-order valence-corrected chi connectivity index (χ4v) is 2.81. The quantitative estimate of drug-likeness (QED) is 0.797. The van der Waals surface area contributed by atoms with Gasteiger partial charge in [0, 0.05) is 6.54 Å². The summed E-state index contributed by atoms with van der Waals surface area (Å²) in [5.41, 5.74) is 0. The van der Waals surface area contributed by atoms with Gasteiger partial charge in [0.15, 0.2) is 0 Å². The molecule has 18 heavy (non-hydrogen) atoms. The zero-order valence-corrected chi connectivity index (χ0v) is 10.2. The van der Waals surface area contributed by atoms with Crippen molar-refractivity contribution in [2.75, 3.05) is 13.1 Å². The van der Waals surface area contributed by atoms with Crippen LogP contribution < -0.4 is 0 Å². The van der Waals surface area contributed by atoms with Gasteiger partial charge in [-0.15, -0.1) is 0 Å². The third-order valence-electron chi connectivity index (χ3n) is 2.14. The second kappa shape index (κ2) is 5.23. The Labute approximate surface area is 102 Å². The van der Waals surface area contributed by atoms with Gasteiger partial charge in [-0.05, 0) is 18.2 Å². The number of rotatable bonds is 4. The number of sulfonamides is 1. The molecule has 0 unspecified atom stereocenters. The maximum Gasteiger partial charge on any atom is 0.402 e. The van der Waals surface area contributed by atoms with Crippen LogP contribution >= 0.6 is 0 Å². The van der Waals surface area contributed by atoms with Crippen LogP contribution in [0, 0.1) is 5.82 Å². The molecule has 0 bridgehead atoms. The molecule has 0 spiro atoms. The first-order valence-electron chi connectivity index (χ1n) is 4.99. The molecule has 0 atom stereocenters. The monoisotopic (exact) mass is 285 g/mol. The Morgan fingerprint density at radius 2 is 1.89 bits per heavy atom. The van der Waals surface area contributed by atoms with Gasteiger partial charge in [0.2, 0.25) is 10.0 Å².